The highest BCUT2D eigenvalue weighted by atomic mass is 32.1. The van der Waals surface area contributed by atoms with E-state index in [-0.39, 0.29) is 11.8 Å². The zero-order chi connectivity index (χ0) is 25.5. The Morgan fingerprint density at radius 3 is 2.41 bits per heavy atom. The molecule has 0 atom stereocenters. The highest BCUT2D eigenvalue weighted by molar-refractivity contribution is 7.80. The van der Waals surface area contributed by atoms with Gasteiger partial charge in [0.2, 0.25) is 5.91 Å². The third-order valence-electron chi connectivity index (χ3n) is 7.85. The molecule has 1 aromatic heterocycles. The highest BCUT2D eigenvalue weighted by Gasteiger charge is 2.28. The molecule has 37 heavy (non-hydrogen) atoms. The van der Waals surface area contributed by atoms with Crippen LogP contribution in [-0.2, 0) is 17.9 Å². The lowest BCUT2D eigenvalue weighted by Crippen LogP contribution is -2.43. The van der Waals surface area contributed by atoms with Gasteiger partial charge in [0.1, 0.15) is 0 Å². The number of thiocarbonyl (C=S) groups is 1. The minimum atomic E-state index is 0.125. The Morgan fingerprint density at radius 2 is 1.73 bits per heavy atom. The summed E-state index contributed by atoms with van der Waals surface area (Å²) in [6.45, 7) is 3.20. The number of benzene rings is 2. The minimum absolute atomic E-state index is 0.125. The molecule has 1 saturated heterocycles. The second-order valence-electron chi connectivity index (χ2n) is 10.3. The number of nitrogens with one attached hydrogen (secondary N) is 2. The second kappa shape index (κ2) is 12.4. The van der Waals surface area contributed by atoms with E-state index in [1.54, 1.807) is 6.33 Å². The third kappa shape index (κ3) is 6.58. The number of aromatic amines is 1. The molecule has 0 spiro atoms. The Hall–Kier alpha value is -3.19. The van der Waals surface area contributed by atoms with Gasteiger partial charge < -0.3 is 20.1 Å². The Labute approximate surface area is 225 Å². The summed E-state index contributed by atoms with van der Waals surface area (Å²) in [4.78, 5) is 25.1. The molecule has 7 heteroatoms. The van der Waals surface area contributed by atoms with Gasteiger partial charge in [-0.25, -0.2) is 4.98 Å². The number of imidazole rings is 1. The average Bonchev–Trinajstić information content (AvgIpc) is 3.49. The Balaban J connectivity index is 1.19. The summed E-state index contributed by atoms with van der Waals surface area (Å²) in [6, 6.07) is 19.1. The van der Waals surface area contributed by atoms with Crippen LogP contribution in [0.15, 0.2) is 67.1 Å². The van der Waals surface area contributed by atoms with Crippen LogP contribution in [0.25, 0.3) is 0 Å². The maximum absolute atomic E-state index is 13.5. The maximum atomic E-state index is 13.5. The van der Waals surface area contributed by atoms with E-state index in [4.69, 9.17) is 12.2 Å². The molecule has 1 amide bonds. The number of anilines is 1. The zero-order valence-corrected chi connectivity index (χ0v) is 22.3. The molecule has 2 heterocycles. The van der Waals surface area contributed by atoms with Gasteiger partial charge in [-0.15, -0.1) is 0 Å². The zero-order valence-electron chi connectivity index (χ0n) is 21.4. The van der Waals surface area contributed by atoms with Crippen molar-refractivity contribution in [3.05, 3.63) is 83.9 Å². The number of H-pyrrole nitrogens is 1. The van der Waals surface area contributed by atoms with Crippen molar-refractivity contribution in [2.24, 2.45) is 5.92 Å². The van der Waals surface area contributed by atoms with Gasteiger partial charge in [-0.05, 0) is 67.1 Å². The number of nitrogens with zero attached hydrogens (tertiary/aromatic N) is 3. The van der Waals surface area contributed by atoms with E-state index < -0.39 is 0 Å². The number of rotatable bonds is 7. The molecular formula is C30H37N5OS. The Morgan fingerprint density at radius 1 is 1.00 bits per heavy atom. The van der Waals surface area contributed by atoms with Crippen LogP contribution in [0.5, 0.6) is 0 Å². The van der Waals surface area contributed by atoms with Crippen molar-refractivity contribution in [2.75, 3.05) is 18.0 Å². The fourth-order valence-electron chi connectivity index (χ4n) is 5.64. The molecule has 5 rings (SSSR count). The highest BCUT2D eigenvalue weighted by Crippen LogP contribution is 2.32. The normalized spacial score (nSPS) is 16.9. The molecular weight excluding hydrogens is 478 g/mol. The monoisotopic (exact) mass is 515 g/mol. The van der Waals surface area contributed by atoms with Crippen LogP contribution in [-0.4, -0.2) is 39.0 Å². The fourth-order valence-corrected chi connectivity index (χ4v) is 5.89. The number of hydrogen-bond acceptors (Lipinski definition) is 3. The van der Waals surface area contributed by atoms with E-state index in [0.717, 1.165) is 74.7 Å². The predicted octanol–water partition coefficient (Wildman–Crippen LogP) is 5.78. The van der Waals surface area contributed by atoms with Gasteiger partial charge in [-0.1, -0.05) is 61.7 Å². The first-order valence-corrected chi connectivity index (χ1v) is 14.0. The molecule has 0 unspecified atom stereocenters. The Kier molecular flexibility index (Phi) is 8.51. The quantitative estimate of drug-likeness (QED) is 0.391. The summed E-state index contributed by atoms with van der Waals surface area (Å²) in [5.74, 6) is 0.879. The van der Waals surface area contributed by atoms with Gasteiger partial charge in [0.05, 0.1) is 18.6 Å². The first-order valence-electron chi connectivity index (χ1n) is 13.6. The van der Waals surface area contributed by atoms with E-state index in [0.29, 0.717) is 12.5 Å². The second-order valence-corrected chi connectivity index (χ2v) is 10.7. The molecule has 1 saturated carbocycles. The minimum Gasteiger partial charge on any atom is -0.358 e. The molecule has 2 aromatic carbocycles. The van der Waals surface area contributed by atoms with Crippen molar-refractivity contribution < 1.29 is 4.79 Å². The van der Waals surface area contributed by atoms with E-state index in [1.165, 1.54) is 17.5 Å². The standard InChI is InChI=1S/C30H37N5OS/c36-29(26-9-5-2-6-10-26)35(21-27-20-31-22-33-27)28-13-11-24(12-14-28)25-15-17-34(18-16-25)30(37)32-19-23-7-3-1-4-8-23/h1,3-4,7-8,11-14,20,22,25-26H,2,5-6,9-10,15-19,21H2,(H,31,33)(H,32,37). The summed E-state index contributed by atoms with van der Waals surface area (Å²) in [7, 11) is 0. The van der Waals surface area contributed by atoms with E-state index in [9.17, 15) is 4.79 Å². The maximum Gasteiger partial charge on any atom is 0.230 e. The number of carbonyl (C=O) groups is 1. The van der Waals surface area contributed by atoms with Gasteiger partial charge in [0.15, 0.2) is 5.11 Å². The molecule has 2 N–H and O–H groups in total. The van der Waals surface area contributed by atoms with Gasteiger partial charge in [-0.2, -0.15) is 0 Å². The molecule has 3 aromatic rings. The van der Waals surface area contributed by atoms with Crippen molar-refractivity contribution in [2.45, 2.75) is 64.0 Å². The number of amides is 1. The lowest BCUT2D eigenvalue weighted by Gasteiger charge is -2.34. The molecule has 0 radical (unpaired) electrons. The molecule has 2 fully saturated rings. The van der Waals surface area contributed by atoms with E-state index >= 15 is 0 Å². The van der Waals surface area contributed by atoms with Gasteiger partial charge in [0, 0.05) is 37.4 Å². The first kappa shape index (κ1) is 25.5. The van der Waals surface area contributed by atoms with Crippen LogP contribution in [0.4, 0.5) is 5.69 Å². The average molecular weight is 516 g/mol. The summed E-state index contributed by atoms with van der Waals surface area (Å²) in [5.41, 5.74) is 4.51. The lowest BCUT2D eigenvalue weighted by atomic mass is 9.87. The van der Waals surface area contributed by atoms with E-state index in [1.807, 2.05) is 17.2 Å². The van der Waals surface area contributed by atoms with Crippen LogP contribution in [0.1, 0.15) is 67.7 Å². The number of likely N-dealkylation sites (tertiary alicyclic amines) is 1. The third-order valence-corrected chi connectivity index (χ3v) is 8.25. The molecule has 6 nitrogen and oxygen atoms in total. The Bertz CT molecular complexity index is 1130. The SMILES string of the molecule is O=C(C1CCCCC1)N(Cc1cnc[nH]1)c1ccc(C2CCN(C(=S)NCc3ccccc3)CC2)cc1. The fraction of sp³-hybridized carbons (Fsp3) is 0.433. The number of carbonyl (C=O) groups excluding carboxylic acids is 1. The predicted molar refractivity (Wildman–Crippen MR) is 152 cm³/mol. The topological polar surface area (TPSA) is 64.3 Å². The summed E-state index contributed by atoms with van der Waals surface area (Å²) in [5, 5.41) is 4.25. The molecule has 194 valence electrons. The largest absolute Gasteiger partial charge is 0.358 e. The van der Waals surface area contributed by atoms with Crippen LogP contribution in [0, 0.1) is 5.92 Å². The van der Waals surface area contributed by atoms with Crippen LogP contribution >= 0.6 is 12.2 Å². The van der Waals surface area contributed by atoms with Crippen molar-refractivity contribution in [1.82, 2.24) is 20.2 Å². The smallest absolute Gasteiger partial charge is 0.230 e. The van der Waals surface area contributed by atoms with Crippen LogP contribution in [0.3, 0.4) is 0 Å². The van der Waals surface area contributed by atoms with E-state index in [2.05, 4.69) is 68.7 Å². The molecule has 1 aliphatic carbocycles. The number of aromatic nitrogens is 2. The van der Waals surface area contributed by atoms with Crippen LogP contribution in [0.2, 0.25) is 0 Å². The van der Waals surface area contributed by atoms with Gasteiger partial charge in [-0.3, -0.25) is 4.79 Å². The molecule has 0 bridgehead atoms. The van der Waals surface area contributed by atoms with Crippen LogP contribution < -0.4 is 10.2 Å². The lowest BCUT2D eigenvalue weighted by molar-refractivity contribution is -0.123. The molecule has 1 aliphatic heterocycles. The van der Waals surface area contributed by atoms with Crippen molar-refractivity contribution in [3.8, 4) is 0 Å². The summed E-state index contributed by atoms with van der Waals surface area (Å²) < 4.78 is 0. The van der Waals surface area contributed by atoms with Gasteiger partial charge >= 0.3 is 0 Å². The van der Waals surface area contributed by atoms with Crippen molar-refractivity contribution in [3.63, 3.8) is 0 Å². The number of hydrogen-bond donors (Lipinski definition) is 2. The summed E-state index contributed by atoms with van der Waals surface area (Å²) in [6.07, 6.45) is 11.2. The van der Waals surface area contributed by atoms with Gasteiger partial charge in [0.25, 0.3) is 0 Å². The molecule has 2 aliphatic rings. The summed E-state index contributed by atoms with van der Waals surface area (Å²) >= 11 is 5.67. The number of piperidine rings is 1. The van der Waals surface area contributed by atoms with Crippen molar-refractivity contribution in [1.29, 1.82) is 0 Å². The van der Waals surface area contributed by atoms with Crippen molar-refractivity contribution >= 4 is 28.9 Å². The first-order chi connectivity index (χ1) is 18.2.